The molecule has 0 saturated heterocycles. The third-order valence-corrected chi connectivity index (χ3v) is 3.70. The zero-order valence-corrected chi connectivity index (χ0v) is 12.8. The Bertz CT molecular complexity index is 344. The van der Waals surface area contributed by atoms with Crippen LogP contribution in [0.1, 0.15) is 26.7 Å². The maximum Gasteiger partial charge on any atom is 0.130 e. The topological polar surface area (TPSA) is 28.2 Å². The number of hydrogen-bond acceptors (Lipinski definition) is 4. The predicted octanol–water partition coefficient (Wildman–Crippen LogP) is 3.48. The zero-order chi connectivity index (χ0) is 13.4. The second-order valence-corrected chi connectivity index (χ2v) is 5.53. The maximum absolute atomic E-state index is 4.65. The van der Waals surface area contributed by atoms with Crippen molar-refractivity contribution in [2.24, 2.45) is 0 Å². The zero-order valence-electron chi connectivity index (χ0n) is 11.9. The Morgan fingerprint density at radius 2 is 2.22 bits per heavy atom. The molecule has 0 amide bonds. The van der Waals surface area contributed by atoms with Crippen LogP contribution >= 0.6 is 11.8 Å². The Morgan fingerprint density at radius 1 is 1.44 bits per heavy atom. The number of aromatic nitrogens is 1. The minimum absolute atomic E-state index is 0.520. The first-order valence-corrected chi connectivity index (χ1v) is 8.01. The van der Waals surface area contributed by atoms with Gasteiger partial charge in [-0.2, -0.15) is 11.8 Å². The van der Waals surface area contributed by atoms with Gasteiger partial charge in [-0.15, -0.1) is 0 Å². The number of rotatable bonds is 8. The first-order valence-electron chi connectivity index (χ1n) is 6.61. The van der Waals surface area contributed by atoms with Crippen molar-refractivity contribution in [3.8, 4) is 0 Å². The molecular weight excluding hydrogens is 242 g/mol. The molecule has 1 heterocycles. The maximum atomic E-state index is 4.65. The summed E-state index contributed by atoms with van der Waals surface area (Å²) in [7, 11) is 2.12. The highest BCUT2D eigenvalue weighted by Crippen LogP contribution is 2.17. The number of pyridine rings is 1. The van der Waals surface area contributed by atoms with Crippen molar-refractivity contribution in [3.05, 3.63) is 18.2 Å². The average Bonchev–Trinajstić information content (AvgIpc) is 2.42. The predicted molar refractivity (Wildman–Crippen MR) is 83.9 cm³/mol. The van der Waals surface area contributed by atoms with Gasteiger partial charge in [0.15, 0.2) is 0 Å². The monoisotopic (exact) mass is 267 g/mol. The normalized spacial score (nSPS) is 12.2. The van der Waals surface area contributed by atoms with Crippen molar-refractivity contribution in [2.75, 3.05) is 35.8 Å². The molecule has 0 aliphatic carbocycles. The van der Waals surface area contributed by atoms with E-state index in [1.54, 1.807) is 0 Å². The SMILES string of the molecule is CCCNc1cccc(N(C)C(C)CCSC)n1. The van der Waals surface area contributed by atoms with Gasteiger partial charge in [0.2, 0.25) is 0 Å². The molecule has 0 radical (unpaired) electrons. The molecule has 1 aromatic rings. The Balaban J connectivity index is 2.63. The Hall–Kier alpha value is -0.900. The van der Waals surface area contributed by atoms with Gasteiger partial charge in [-0.1, -0.05) is 13.0 Å². The van der Waals surface area contributed by atoms with Crippen LogP contribution in [0, 0.1) is 0 Å². The fourth-order valence-corrected chi connectivity index (χ4v) is 2.26. The van der Waals surface area contributed by atoms with E-state index < -0.39 is 0 Å². The summed E-state index contributed by atoms with van der Waals surface area (Å²) in [4.78, 5) is 6.90. The molecule has 0 fully saturated rings. The van der Waals surface area contributed by atoms with Crippen LogP contribution in [-0.2, 0) is 0 Å². The minimum atomic E-state index is 0.520. The molecule has 0 bridgehead atoms. The molecule has 4 heteroatoms. The summed E-state index contributed by atoms with van der Waals surface area (Å²) < 4.78 is 0. The molecule has 1 unspecified atom stereocenters. The third-order valence-electron chi connectivity index (χ3n) is 3.05. The van der Waals surface area contributed by atoms with Gasteiger partial charge in [-0.3, -0.25) is 0 Å². The number of thioether (sulfide) groups is 1. The average molecular weight is 267 g/mol. The Labute approximate surface area is 115 Å². The molecule has 0 aliphatic heterocycles. The van der Waals surface area contributed by atoms with E-state index >= 15 is 0 Å². The van der Waals surface area contributed by atoms with Crippen molar-refractivity contribution >= 4 is 23.4 Å². The summed E-state index contributed by atoms with van der Waals surface area (Å²) >= 11 is 1.90. The van der Waals surface area contributed by atoms with E-state index in [4.69, 9.17) is 0 Å². The van der Waals surface area contributed by atoms with Crippen molar-refractivity contribution in [1.29, 1.82) is 0 Å². The van der Waals surface area contributed by atoms with Crippen LogP contribution in [0.25, 0.3) is 0 Å². The van der Waals surface area contributed by atoms with Gasteiger partial charge in [-0.05, 0) is 43.9 Å². The largest absolute Gasteiger partial charge is 0.370 e. The lowest BCUT2D eigenvalue weighted by molar-refractivity contribution is 0.662. The molecule has 0 aromatic carbocycles. The summed E-state index contributed by atoms with van der Waals surface area (Å²) in [5.74, 6) is 3.21. The fraction of sp³-hybridized carbons (Fsp3) is 0.643. The number of nitrogens with zero attached hydrogens (tertiary/aromatic N) is 2. The fourth-order valence-electron chi connectivity index (χ4n) is 1.68. The summed E-state index contributed by atoms with van der Waals surface area (Å²) in [6.07, 6.45) is 4.46. The van der Waals surface area contributed by atoms with E-state index in [0.29, 0.717) is 6.04 Å². The van der Waals surface area contributed by atoms with Gasteiger partial charge in [-0.25, -0.2) is 4.98 Å². The molecule has 0 aliphatic rings. The van der Waals surface area contributed by atoms with Gasteiger partial charge in [0.25, 0.3) is 0 Å². The molecule has 0 spiro atoms. The number of anilines is 2. The van der Waals surface area contributed by atoms with E-state index in [2.05, 4.69) is 54.5 Å². The minimum Gasteiger partial charge on any atom is -0.370 e. The number of nitrogens with one attached hydrogen (secondary N) is 1. The van der Waals surface area contributed by atoms with Gasteiger partial charge >= 0.3 is 0 Å². The van der Waals surface area contributed by atoms with Crippen molar-refractivity contribution in [2.45, 2.75) is 32.7 Å². The van der Waals surface area contributed by atoms with Crippen LogP contribution in [0.15, 0.2) is 18.2 Å². The Kier molecular flexibility index (Phi) is 6.94. The van der Waals surface area contributed by atoms with Crippen LogP contribution < -0.4 is 10.2 Å². The van der Waals surface area contributed by atoms with Gasteiger partial charge in [0.05, 0.1) is 0 Å². The first kappa shape index (κ1) is 15.2. The van der Waals surface area contributed by atoms with E-state index in [9.17, 15) is 0 Å². The molecule has 3 nitrogen and oxygen atoms in total. The molecule has 1 N–H and O–H groups in total. The summed E-state index contributed by atoms with van der Waals surface area (Å²) in [5.41, 5.74) is 0. The van der Waals surface area contributed by atoms with Gasteiger partial charge in [0, 0.05) is 19.6 Å². The van der Waals surface area contributed by atoms with E-state index in [0.717, 1.165) is 24.6 Å². The highest BCUT2D eigenvalue weighted by molar-refractivity contribution is 7.98. The molecule has 0 saturated carbocycles. The van der Waals surface area contributed by atoms with E-state index in [1.807, 2.05) is 17.8 Å². The first-order chi connectivity index (χ1) is 8.69. The van der Waals surface area contributed by atoms with Crippen molar-refractivity contribution in [1.82, 2.24) is 4.98 Å². The van der Waals surface area contributed by atoms with E-state index in [-0.39, 0.29) is 0 Å². The molecule has 1 aromatic heterocycles. The highest BCUT2D eigenvalue weighted by Gasteiger charge is 2.11. The summed E-state index contributed by atoms with van der Waals surface area (Å²) in [6.45, 7) is 5.39. The van der Waals surface area contributed by atoms with Crippen LogP contribution in [0.2, 0.25) is 0 Å². The molecule has 102 valence electrons. The quantitative estimate of drug-likeness (QED) is 0.780. The lowest BCUT2D eigenvalue weighted by Crippen LogP contribution is -2.30. The standard InChI is InChI=1S/C14H25N3S/c1-5-10-15-13-7-6-8-14(16-13)17(3)12(2)9-11-18-4/h6-8,12H,5,9-11H2,1-4H3,(H,15,16). The molecular formula is C14H25N3S. The summed E-state index contributed by atoms with van der Waals surface area (Å²) in [5, 5.41) is 3.33. The lowest BCUT2D eigenvalue weighted by Gasteiger charge is -2.26. The van der Waals surface area contributed by atoms with Crippen LogP contribution in [0.3, 0.4) is 0 Å². The second-order valence-electron chi connectivity index (χ2n) is 4.55. The third kappa shape index (κ3) is 4.77. The van der Waals surface area contributed by atoms with Gasteiger partial charge in [0.1, 0.15) is 11.6 Å². The lowest BCUT2D eigenvalue weighted by atomic mass is 10.2. The summed E-state index contributed by atoms with van der Waals surface area (Å²) in [6, 6.07) is 6.69. The van der Waals surface area contributed by atoms with E-state index in [1.165, 1.54) is 12.2 Å². The van der Waals surface area contributed by atoms with Crippen LogP contribution in [-0.4, -0.2) is 36.6 Å². The van der Waals surface area contributed by atoms with Crippen LogP contribution in [0.5, 0.6) is 0 Å². The smallest absolute Gasteiger partial charge is 0.130 e. The highest BCUT2D eigenvalue weighted by atomic mass is 32.2. The van der Waals surface area contributed by atoms with Gasteiger partial charge < -0.3 is 10.2 Å². The van der Waals surface area contributed by atoms with Crippen molar-refractivity contribution in [3.63, 3.8) is 0 Å². The molecule has 18 heavy (non-hydrogen) atoms. The number of hydrogen-bond donors (Lipinski definition) is 1. The van der Waals surface area contributed by atoms with Crippen molar-refractivity contribution < 1.29 is 0 Å². The van der Waals surface area contributed by atoms with Crippen LogP contribution in [0.4, 0.5) is 11.6 Å². The molecule has 1 atom stereocenters. The Morgan fingerprint density at radius 3 is 2.89 bits per heavy atom. The molecule has 1 rings (SSSR count). The second kappa shape index (κ2) is 8.25.